The number of aromatic nitrogens is 2. The number of nitrogens with zero attached hydrogens (tertiary/aromatic N) is 2. The molecule has 1 aromatic carbocycles. The summed E-state index contributed by atoms with van der Waals surface area (Å²) >= 11 is 6.95. The van der Waals surface area contributed by atoms with Crippen molar-refractivity contribution in [3.8, 4) is 5.69 Å². The molecule has 2 aromatic heterocycles. The Kier molecular flexibility index (Phi) is 3.86. The van der Waals surface area contributed by atoms with Gasteiger partial charge in [0.05, 0.1) is 11.1 Å². The number of alkyl halides is 3. The maximum Gasteiger partial charge on any atom is 0.450 e. The summed E-state index contributed by atoms with van der Waals surface area (Å²) in [5.74, 6) is -1.22. The Morgan fingerprint density at radius 2 is 1.96 bits per heavy atom. The fraction of sp³-hybridized carbons (Fsp3) is 0.250. The van der Waals surface area contributed by atoms with E-state index in [-0.39, 0.29) is 15.9 Å². The van der Waals surface area contributed by atoms with Crippen molar-refractivity contribution < 1.29 is 13.2 Å². The van der Waals surface area contributed by atoms with Gasteiger partial charge >= 0.3 is 6.18 Å². The third-order valence-electron chi connectivity index (χ3n) is 4.08. The molecule has 1 N–H and O–H groups in total. The van der Waals surface area contributed by atoms with E-state index in [2.05, 4.69) is 10.3 Å². The highest BCUT2D eigenvalue weighted by Crippen LogP contribution is 2.34. The fourth-order valence-electron chi connectivity index (χ4n) is 2.99. The van der Waals surface area contributed by atoms with E-state index in [1.807, 2.05) is 0 Å². The zero-order chi connectivity index (χ0) is 17.8. The van der Waals surface area contributed by atoms with E-state index in [1.54, 1.807) is 0 Å². The van der Waals surface area contributed by atoms with Gasteiger partial charge in [-0.15, -0.1) is 11.3 Å². The first kappa shape index (κ1) is 16.6. The standard InChI is InChI=1S/C16H11ClF3N3OS/c17-8-1-3-9(4-2-8)23-14(24)12-10-5-6-21-7-11(10)25-13(12)22-15(23)16(18,19)20/h1-4,21H,5-7H2. The number of thiophene rings is 1. The maximum absolute atomic E-state index is 13.5. The zero-order valence-electron chi connectivity index (χ0n) is 12.7. The van der Waals surface area contributed by atoms with Gasteiger partial charge in [0.2, 0.25) is 5.82 Å². The van der Waals surface area contributed by atoms with Gasteiger partial charge < -0.3 is 5.32 Å². The smallest absolute Gasteiger partial charge is 0.312 e. The zero-order valence-corrected chi connectivity index (χ0v) is 14.2. The lowest BCUT2D eigenvalue weighted by Crippen LogP contribution is -2.29. The van der Waals surface area contributed by atoms with Crippen molar-refractivity contribution in [2.24, 2.45) is 0 Å². The highest BCUT2D eigenvalue weighted by molar-refractivity contribution is 7.18. The van der Waals surface area contributed by atoms with E-state index >= 15 is 0 Å². The van der Waals surface area contributed by atoms with E-state index in [9.17, 15) is 18.0 Å². The van der Waals surface area contributed by atoms with Crippen molar-refractivity contribution in [3.63, 3.8) is 0 Å². The summed E-state index contributed by atoms with van der Waals surface area (Å²) in [4.78, 5) is 17.8. The van der Waals surface area contributed by atoms with Crippen molar-refractivity contribution in [2.75, 3.05) is 6.54 Å². The van der Waals surface area contributed by atoms with Gasteiger partial charge in [0, 0.05) is 16.4 Å². The van der Waals surface area contributed by atoms with Crippen LogP contribution in [0.3, 0.4) is 0 Å². The van der Waals surface area contributed by atoms with E-state index in [0.717, 1.165) is 21.8 Å². The average molecular weight is 386 g/mol. The van der Waals surface area contributed by atoms with Gasteiger partial charge in [-0.05, 0) is 42.8 Å². The van der Waals surface area contributed by atoms with Crippen LogP contribution in [0, 0.1) is 0 Å². The minimum absolute atomic E-state index is 0.0880. The van der Waals surface area contributed by atoms with Crippen molar-refractivity contribution in [2.45, 2.75) is 19.1 Å². The van der Waals surface area contributed by atoms with Crippen LogP contribution in [0.25, 0.3) is 15.9 Å². The van der Waals surface area contributed by atoms with E-state index in [1.165, 1.54) is 24.3 Å². The van der Waals surface area contributed by atoms with Gasteiger partial charge in [0.1, 0.15) is 4.83 Å². The number of fused-ring (bicyclic) bond motifs is 3. The molecule has 1 aliphatic heterocycles. The molecule has 130 valence electrons. The second-order valence-corrected chi connectivity index (χ2v) is 7.18. The summed E-state index contributed by atoms with van der Waals surface area (Å²) in [6.45, 7) is 1.22. The van der Waals surface area contributed by atoms with Gasteiger partial charge in [-0.2, -0.15) is 13.2 Å². The second kappa shape index (κ2) is 5.82. The summed E-state index contributed by atoms with van der Waals surface area (Å²) in [5.41, 5.74) is 0.191. The van der Waals surface area contributed by atoms with Gasteiger partial charge in [0.15, 0.2) is 0 Å². The van der Waals surface area contributed by atoms with Gasteiger partial charge in [-0.25, -0.2) is 4.98 Å². The molecule has 3 heterocycles. The molecule has 0 bridgehead atoms. The summed E-state index contributed by atoms with van der Waals surface area (Å²) < 4.78 is 41.3. The molecule has 0 spiro atoms. The summed E-state index contributed by atoms with van der Waals surface area (Å²) in [6, 6.07) is 5.65. The third kappa shape index (κ3) is 2.74. The Morgan fingerprint density at radius 1 is 1.24 bits per heavy atom. The number of halogens is 4. The molecule has 0 saturated carbocycles. The molecule has 3 aromatic rings. The van der Waals surface area contributed by atoms with Gasteiger partial charge in [-0.3, -0.25) is 9.36 Å². The highest BCUT2D eigenvalue weighted by Gasteiger charge is 2.38. The molecular weight excluding hydrogens is 375 g/mol. The normalized spacial score (nSPS) is 14.7. The molecule has 0 aliphatic carbocycles. The fourth-order valence-corrected chi connectivity index (χ4v) is 4.30. The minimum atomic E-state index is -4.75. The first-order chi connectivity index (χ1) is 11.9. The van der Waals surface area contributed by atoms with Crippen LogP contribution in [0.15, 0.2) is 29.1 Å². The molecule has 0 radical (unpaired) electrons. The summed E-state index contributed by atoms with van der Waals surface area (Å²) in [5, 5.41) is 3.81. The minimum Gasteiger partial charge on any atom is -0.312 e. The van der Waals surface area contributed by atoms with Gasteiger partial charge in [-0.1, -0.05) is 11.6 Å². The topological polar surface area (TPSA) is 46.9 Å². The number of hydrogen-bond acceptors (Lipinski definition) is 4. The maximum atomic E-state index is 13.5. The molecule has 0 fully saturated rings. The van der Waals surface area contributed by atoms with Crippen molar-refractivity contribution in [1.82, 2.24) is 14.9 Å². The molecule has 0 saturated heterocycles. The van der Waals surface area contributed by atoms with Crippen LogP contribution in [-0.4, -0.2) is 16.1 Å². The highest BCUT2D eigenvalue weighted by atomic mass is 35.5. The lowest BCUT2D eigenvalue weighted by atomic mass is 10.1. The first-order valence-corrected chi connectivity index (χ1v) is 8.67. The Morgan fingerprint density at radius 3 is 2.64 bits per heavy atom. The predicted molar refractivity (Wildman–Crippen MR) is 90.6 cm³/mol. The molecule has 4 nitrogen and oxygen atoms in total. The van der Waals surface area contributed by atoms with Crippen LogP contribution in [0.1, 0.15) is 16.3 Å². The van der Waals surface area contributed by atoms with E-state index in [0.29, 0.717) is 29.1 Å². The molecular formula is C16H11ClF3N3OS. The van der Waals surface area contributed by atoms with Crippen LogP contribution in [-0.2, 0) is 19.1 Å². The van der Waals surface area contributed by atoms with Crippen molar-refractivity contribution in [3.05, 3.63) is 55.9 Å². The van der Waals surface area contributed by atoms with Crippen LogP contribution < -0.4 is 10.9 Å². The lowest BCUT2D eigenvalue weighted by molar-refractivity contribution is -0.146. The van der Waals surface area contributed by atoms with Crippen molar-refractivity contribution >= 4 is 33.2 Å². The largest absolute Gasteiger partial charge is 0.450 e. The van der Waals surface area contributed by atoms with E-state index in [4.69, 9.17) is 11.6 Å². The first-order valence-electron chi connectivity index (χ1n) is 7.47. The molecule has 9 heteroatoms. The van der Waals surface area contributed by atoms with E-state index < -0.39 is 17.6 Å². The SMILES string of the molecule is O=c1c2c3c(sc2nc(C(F)(F)F)n1-c1ccc(Cl)cc1)CNCC3. The molecule has 4 rings (SSSR count). The second-order valence-electron chi connectivity index (χ2n) is 5.66. The van der Waals surface area contributed by atoms with Crippen molar-refractivity contribution in [1.29, 1.82) is 0 Å². The molecule has 0 amide bonds. The number of benzene rings is 1. The Labute approximate surface area is 148 Å². The molecule has 1 aliphatic rings. The lowest BCUT2D eigenvalue weighted by Gasteiger charge is -2.15. The average Bonchev–Trinajstić information content (AvgIpc) is 2.94. The summed E-state index contributed by atoms with van der Waals surface area (Å²) in [6.07, 6.45) is -4.16. The number of hydrogen-bond donors (Lipinski definition) is 1. The number of nitrogens with one attached hydrogen (secondary N) is 1. The third-order valence-corrected chi connectivity index (χ3v) is 5.46. The monoisotopic (exact) mass is 385 g/mol. The Balaban J connectivity index is 2.09. The Hall–Kier alpha value is -1.90. The molecule has 0 atom stereocenters. The molecule has 25 heavy (non-hydrogen) atoms. The van der Waals surface area contributed by atoms with Crippen LogP contribution >= 0.6 is 22.9 Å². The van der Waals surface area contributed by atoms with Crippen LogP contribution in [0.4, 0.5) is 13.2 Å². The summed E-state index contributed by atoms with van der Waals surface area (Å²) in [7, 11) is 0. The Bertz CT molecular complexity index is 1020. The molecule has 0 unspecified atom stereocenters. The predicted octanol–water partition coefficient (Wildman–Crippen LogP) is 3.77. The quantitative estimate of drug-likeness (QED) is 0.693. The number of rotatable bonds is 1. The van der Waals surface area contributed by atoms with Gasteiger partial charge in [0.25, 0.3) is 5.56 Å². The van der Waals surface area contributed by atoms with Crippen LogP contribution in [0.2, 0.25) is 5.02 Å². The van der Waals surface area contributed by atoms with Crippen LogP contribution in [0.5, 0.6) is 0 Å².